The second-order valence-corrected chi connectivity index (χ2v) is 10.2. The Morgan fingerprint density at radius 2 is 1.83 bits per heavy atom. The highest BCUT2D eigenvalue weighted by atomic mass is 32.2. The van der Waals surface area contributed by atoms with Gasteiger partial charge in [-0.3, -0.25) is 4.79 Å². The first-order valence-corrected chi connectivity index (χ1v) is 12.6. The van der Waals surface area contributed by atoms with E-state index in [1.54, 1.807) is 24.3 Å². The molecule has 6 nitrogen and oxygen atoms in total. The lowest BCUT2D eigenvalue weighted by Crippen LogP contribution is -2.46. The van der Waals surface area contributed by atoms with Gasteiger partial charge in [0.2, 0.25) is 0 Å². The van der Waals surface area contributed by atoms with E-state index in [0.29, 0.717) is 12.8 Å². The Morgan fingerprint density at radius 3 is 2.50 bits per heavy atom. The summed E-state index contributed by atoms with van der Waals surface area (Å²) < 4.78 is 31.0. The van der Waals surface area contributed by atoms with Gasteiger partial charge in [-0.25, -0.2) is 13.2 Å². The second-order valence-electron chi connectivity index (χ2n) is 7.31. The minimum Gasteiger partial charge on any atom is -0.445 e. The zero-order valence-corrected chi connectivity index (χ0v) is 18.4. The van der Waals surface area contributed by atoms with Crippen LogP contribution in [0, 0.1) is 5.92 Å². The molecule has 0 radical (unpaired) electrons. The molecule has 2 atom stereocenters. The van der Waals surface area contributed by atoms with Crippen LogP contribution in [0.3, 0.4) is 0 Å². The molecule has 2 aromatic carbocycles. The van der Waals surface area contributed by atoms with Crippen molar-refractivity contribution in [3.8, 4) is 0 Å². The van der Waals surface area contributed by atoms with E-state index in [-0.39, 0.29) is 29.5 Å². The van der Waals surface area contributed by atoms with E-state index in [1.165, 1.54) is 11.8 Å². The molecule has 0 heterocycles. The summed E-state index contributed by atoms with van der Waals surface area (Å²) in [5.74, 6) is -0.662. The normalized spacial score (nSPS) is 19.3. The van der Waals surface area contributed by atoms with E-state index in [4.69, 9.17) is 4.74 Å². The summed E-state index contributed by atoms with van der Waals surface area (Å²) >= 11 is 1.53. The number of carbonyl (C=O) groups excluding carboxylic acids is 2. The molecular formula is C22H25NO5S2. The van der Waals surface area contributed by atoms with Crippen molar-refractivity contribution in [2.45, 2.75) is 41.7 Å². The highest BCUT2D eigenvalue weighted by Gasteiger charge is 2.34. The molecule has 0 spiro atoms. The van der Waals surface area contributed by atoms with Crippen molar-refractivity contribution < 1.29 is 22.7 Å². The van der Waals surface area contributed by atoms with Crippen LogP contribution in [0.1, 0.15) is 24.8 Å². The number of carbonyl (C=O) groups is 2. The Hall–Kier alpha value is -2.32. The molecule has 1 fully saturated rings. The monoisotopic (exact) mass is 447 g/mol. The molecule has 0 aliphatic heterocycles. The number of ether oxygens (including phenoxy) is 1. The van der Waals surface area contributed by atoms with Gasteiger partial charge in [0.15, 0.2) is 9.84 Å². The van der Waals surface area contributed by atoms with Gasteiger partial charge in [-0.2, -0.15) is 0 Å². The quantitative estimate of drug-likeness (QED) is 0.649. The first-order chi connectivity index (χ1) is 14.4. The molecule has 0 saturated heterocycles. The van der Waals surface area contributed by atoms with Gasteiger partial charge in [-0.05, 0) is 42.5 Å². The topological polar surface area (TPSA) is 89.5 Å². The minimum absolute atomic E-state index is 0.0173. The SMILES string of the molecule is CSc1ccc(S(=O)(=O)C[C@H]2CC(=O)CC[C@@H]2NC(=O)OCc2ccccc2)cc1. The summed E-state index contributed by atoms with van der Waals surface area (Å²) in [6.45, 7) is 0.128. The summed E-state index contributed by atoms with van der Waals surface area (Å²) in [4.78, 5) is 25.4. The number of rotatable bonds is 7. The number of hydrogen-bond acceptors (Lipinski definition) is 6. The first kappa shape index (κ1) is 22.4. The fourth-order valence-electron chi connectivity index (χ4n) is 3.53. The molecule has 1 N–H and O–H groups in total. The average Bonchev–Trinajstić information content (AvgIpc) is 2.75. The van der Waals surface area contributed by atoms with Crippen LogP contribution in [0.5, 0.6) is 0 Å². The highest BCUT2D eigenvalue weighted by molar-refractivity contribution is 7.98. The second kappa shape index (κ2) is 10.1. The van der Waals surface area contributed by atoms with E-state index < -0.39 is 27.9 Å². The van der Waals surface area contributed by atoms with Gasteiger partial charge in [0.1, 0.15) is 12.4 Å². The molecule has 2 aromatic rings. The summed E-state index contributed by atoms with van der Waals surface area (Å²) in [6.07, 6.45) is 2.17. The van der Waals surface area contributed by atoms with Crippen molar-refractivity contribution in [3.05, 3.63) is 60.2 Å². The van der Waals surface area contributed by atoms with Crippen molar-refractivity contribution in [1.82, 2.24) is 5.32 Å². The third kappa shape index (κ3) is 6.09. The predicted octanol–water partition coefficient (Wildman–Crippen LogP) is 3.85. The number of Topliss-reactive ketones (excluding diaryl/α,β-unsaturated/α-hetero) is 1. The van der Waals surface area contributed by atoms with Crippen LogP contribution in [-0.4, -0.2) is 38.3 Å². The van der Waals surface area contributed by atoms with Gasteiger partial charge in [0.05, 0.1) is 10.6 Å². The van der Waals surface area contributed by atoms with Gasteiger partial charge in [0.25, 0.3) is 0 Å². The van der Waals surface area contributed by atoms with Crippen LogP contribution in [0.25, 0.3) is 0 Å². The lowest BCUT2D eigenvalue weighted by Gasteiger charge is -2.31. The number of ketones is 1. The van der Waals surface area contributed by atoms with Crippen LogP contribution < -0.4 is 5.32 Å². The van der Waals surface area contributed by atoms with E-state index in [9.17, 15) is 18.0 Å². The molecule has 0 unspecified atom stereocenters. The summed E-state index contributed by atoms with van der Waals surface area (Å²) in [7, 11) is -3.59. The van der Waals surface area contributed by atoms with Crippen molar-refractivity contribution in [1.29, 1.82) is 0 Å². The smallest absolute Gasteiger partial charge is 0.407 e. The molecule has 160 valence electrons. The van der Waals surface area contributed by atoms with E-state index in [0.717, 1.165) is 10.5 Å². The molecule has 30 heavy (non-hydrogen) atoms. The van der Waals surface area contributed by atoms with E-state index in [2.05, 4.69) is 5.32 Å². The summed E-state index contributed by atoms with van der Waals surface area (Å²) in [6, 6.07) is 15.6. The maximum Gasteiger partial charge on any atom is 0.407 e. The maximum atomic E-state index is 12.9. The van der Waals surface area contributed by atoms with E-state index in [1.807, 2.05) is 36.6 Å². The van der Waals surface area contributed by atoms with Gasteiger partial charge in [-0.15, -0.1) is 11.8 Å². The zero-order chi connectivity index (χ0) is 21.6. The maximum absolute atomic E-state index is 12.9. The molecule has 3 rings (SSSR count). The largest absolute Gasteiger partial charge is 0.445 e. The van der Waals surface area contributed by atoms with Crippen LogP contribution in [-0.2, 0) is 26.0 Å². The van der Waals surface area contributed by atoms with Crippen molar-refractivity contribution in [2.24, 2.45) is 5.92 Å². The minimum atomic E-state index is -3.59. The third-order valence-corrected chi connectivity index (χ3v) is 7.76. The molecule has 1 saturated carbocycles. The fourth-order valence-corrected chi connectivity index (χ4v) is 5.60. The van der Waals surface area contributed by atoms with Crippen LogP contribution in [0.15, 0.2) is 64.4 Å². The van der Waals surface area contributed by atoms with Crippen LogP contribution in [0.2, 0.25) is 0 Å². The summed E-state index contributed by atoms with van der Waals surface area (Å²) in [5.41, 5.74) is 0.860. The molecule has 1 amide bonds. The van der Waals surface area contributed by atoms with Gasteiger partial charge in [0, 0.05) is 29.7 Å². The van der Waals surface area contributed by atoms with Crippen molar-refractivity contribution in [3.63, 3.8) is 0 Å². The summed E-state index contributed by atoms with van der Waals surface area (Å²) in [5, 5.41) is 2.77. The Morgan fingerprint density at radius 1 is 1.13 bits per heavy atom. The number of benzene rings is 2. The Kier molecular flexibility index (Phi) is 7.55. The number of alkyl carbamates (subject to hydrolysis) is 1. The molecule has 0 bridgehead atoms. The van der Waals surface area contributed by atoms with Gasteiger partial charge >= 0.3 is 6.09 Å². The lowest BCUT2D eigenvalue weighted by molar-refractivity contribution is -0.121. The number of thioether (sulfide) groups is 1. The van der Waals surface area contributed by atoms with Crippen molar-refractivity contribution >= 4 is 33.5 Å². The first-order valence-electron chi connectivity index (χ1n) is 9.73. The Labute approximate surface area is 181 Å². The average molecular weight is 448 g/mol. The van der Waals surface area contributed by atoms with Crippen LogP contribution >= 0.6 is 11.8 Å². The molecule has 1 aliphatic rings. The van der Waals surface area contributed by atoms with Gasteiger partial charge in [-0.1, -0.05) is 30.3 Å². The van der Waals surface area contributed by atoms with Crippen LogP contribution in [0.4, 0.5) is 4.79 Å². The van der Waals surface area contributed by atoms with Crippen molar-refractivity contribution in [2.75, 3.05) is 12.0 Å². The zero-order valence-electron chi connectivity index (χ0n) is 16.7. The fraction of sp³-hybridized carbons (Fsp3) is 0.364. The van der Waals surface area contributed by atoms with E-state index >= 15 is 0 Å². The Bertz CT molecular complexity index is 974. The molecule has 1 aliphatic carbocycles. The highest BCUT2D eigenvalue weighted by Crippen LogP contribution is 2.27. The number of sulfone groups is 1. The number of nitrogens with one attached hydrogen (secondary N) is 1. The third-order valence-electron chi connectivity index (χ3n) is 5.16. The van der Waals surface area contributed by atoms with Gasteiger partial charge < -0.3 is 10.1 Å². The Balaban J connectivity index is 1.64. The predicted molar refractivity (Wildman–Crippen MR) is 116 cm³/mol. The molecule has 8 heteroatoms. The standard InChI is InChI=1S/C22H25NO5S2/c1-29-19-8-10-20(11-9-19)30(26,27)15-17-13-18(24)7-12-21(17)23-22(25)28-14-16-5-3-2-4-6-16/h2-6,8-11,17,21H,7,12-15H2,1H3,(H,23,25)/t17-,21+/m1/s1. The molecular weight excluding hydrogens is 422 g/mol. The number of hydrogen-bond donors (Lipinski definition) is 1. The number of amides is 1. The molecule has 0 aromatic heterocycles. The lowest BCUT2D eigenvalue weighted by atomic mass is 9.85.